The molecule has 0 bridgehead atoms. The summed E-state index contributed by atoms with van der Waals surface area (Å²) in [4.78, 5) is 2.53. The van der Waals surface area contributed by atoms with Crippen LogP contribution < -0.4 is 0 Å². The molecule has 0 saturated heterocycles. The van der Waals surface area contributed by atoms with E-state index >= 15 is 0 Å². The first kappa shape index (κ1) is 13.4. The van der Waals surface area contributed by atoms with Crippen molar-refractivity contribution in [1.82, 2.24) is 9.78 Å². The molecular weight excluding hydrogens is 235 g/mol. The lowest BCUT2D eigenvalue weighted by Crippen LogP contribution is -2.11. The van der Waals surface area contributed by atoms with Gasteiger partial charge >= 0.3 is 6.18 Å². The fourth-order valence-corrected chi connectivity index (χ4v) is 1.33. The molecule has 1 heterocycles. The first-order valence-electron chi connectivity index (χ1n) is 4.99. The van der Waals surface area contributed by atoms with Gasteiger partial charge in [0.2, 0.25) is 0 Å². The van der Waals surface area contributed by atoms with Crippen molar-refractivity contribution in [2.24, 2.45) is 11.0 Å². The van der Waals surface area contributed by atoms with Crippen LogP contribution in [0.3, 0.4) is 0 Å². The van der Waals surface area contributed by atoms with Crippen molar-refractivity contribution >= 4 is 0 Å². The molecule has 0 aromatic carbocycles. The van der Waals surface area contributed by atoms with Crippen LogP contribution in [0.4, 0.5) is 13.2 Å². The Hall–Kier alpha value is -1.69. The Morgan fingerprint density at radius 1 is 1.53 bits per heavy atom. The molecule has 0 spiro atoms. The van der Waals surface area contributed by atoms with Gasteiger partial charge in [-0.05, 0) is 17.5 Å². The molecule has 5 nitrogen and oxygen atoms in total. The molecular formula is C9H12F3N5. The van der Waals surface area contributed by atoms with Gasteiger partial charge in [0.25, 0.3) is 0 Å². The van der Waals surface area contributed by atoms with Crippen LogP contribution >= 0.6 is 0 Å². The lowest BCUT2D eigenvalue weighted by atomic mass is 10.2. The molecule has 0 aliphatic rings. The molecule has 0 fully saturated rings. The maximum atomic E-state index is 12.5. The molecule has 0 aliphatic heterocycles. The number of aromatic nitrogens is 2. The highest BCUT2D eigenvalue weighted by atomic mass is 19.4. The molecule has 0 N–H and O–H groups in total. The standard InChI is InChI=1S/C9H12F3N5/c1-6(2)5-17-7(4-14-16-13)3-8(15-17)9(10,11)12/h3,6H,4-5H2,1-2H3. The summed E-state index contributed by atoms with van der Waals surface area (Å²) in [5.41, 5.74) is 7.48. The van der Waals surface area contributed by atoms with Crippen LogP contribution in [0.5, 0.6) is 0 Å². The Bertz CT molecular complexity index is 428. The highest BCUT2D eigenvalue weighted by Gasteiger charge is 2.34. The topological polar surface area (TPSA) is 66.6 Å². The Morgan fingerprint density at radius 2 is 2.18 bits per heavy atom. The van der Waals surface area contributed by atoms with E-state index in [1.165, 1.54) is 4.68 Å². The van der Waals surface area contributed by atoms with Crippen LogP contribution in [0.2, 0.25) is 0 Å². The molecule has 8 heteroatoms. The first-order chi connectivity index (χ1) is 7.84. The van der Waals surface area contributed by atoms with Gasteiger partial charge in [-0.15, -0.1) is 0 Å². The average Bonchev–Trinajstić information content (AvgIpc) is 2.56. The van der Waals surface area contributed by atoms with Crippen LogP contribution in [-0.2, 0) is 19.3 Å². The second-order valence-corrected chi connectivity index (χ2v) is 3.98. The molecule has 17 heavy (non-hydrogen) atoms. The second kappa shape index (κ2) is 5.09. The number of rotatable bonds is 4. The van der Waals surface area contributed by atoms with E-state index in [0.717, 1.165) is 6.07 Å². The highest BCUT2D eigenvalue weighted by molar-refractivity contribution is 5.13. The monoisotopic (exact) mass is 247 g/mol. The lowest BCUT2D eigenvalue weighted by molar-refractivity contribution is -0.141. The molecule has 1 rings (SSSR count). The van der Waals surface area contributed by atoms with Crippen molar-refractivity contribution in [3.05, 3.63) is 27.9 Å². The molecule has 0 aliphatic carbocycles. The normalized spacial score (nSPS) is 11.6. The van der Waals surface area contributed by atoms with Crippen molar-refractivity contribution in [2.45, 2.75) is 33.1 Å². The van der Waals surface area contributed by atoms with Crippen molar-refractivity contribution in [3.8, 4) is 0 Å². The van der Waals surface area contributed by atoms with Gasteiger partial charge in [-0.1, -0.05) is 19.0 Å². The molecule has 0 unspecified atom stereocenters. The van der Waals surface area contributed by atoms with Crippen molar-refractivity contribution in [1.29, 1.82) is 0 Å². The van der Waals surface area contributed by atoms with Crippen LogP contribution in [0.1, 0.15) is 25.2 Å². The first-order valence-corrected chi connectivity index (χ1v) is 4.99. The maximum absolute atomic E-state index is 12.5. The average molecular weight is 247 g/mol. The highest BCUT2D eigenvalue weighted by Crippen LogP contribution is 2.29. The van der Waals surface area contributed by atoms with Crippen LogP contribution in [0.15, 0.2) is 11.2 Å². The van der Waals surface area contributed by atoms with Gasteiger partial charge in [0.15, 0.2) is 5.69 Å². The molecule has 0 saturated carbocycles. The van der Waals surface area contributed by atoms with Crippen molar-refractivity contribution < 1.29 is 13.2 Å². The van der Waals surface area contributed by atoms with Crippen molar-refractivity contribution in [2.75, 3.05) is 0 Å². The van der Waals surface area contributed by atoms with E-state index in [9.17, 15) is 13.2 Å². The minimum atomic E-state index is -4.48. The third-order valence-electron chi connectivity index (χ3n) is 1.99. The lowest BCUT2D eigenvalue weighted by Gasteiger charge is -2.08. The Labute approximate surface area is 95.9 Å². The maximum Gasteiger partial charge on any atom is 0.435 e. The Morgan fingerprint density at radius 3 is 2.65 bits per heavy atom. The Balaban J connectivity index is 3.06. The van der Waals surface area contributed by atoms with Gasteiger partial charge in [-0.2, -0.15) is 18.3 Å². The minimum absolute atomic E-state index is 0.133. The summed E-state index contributed by atoms with van der Waals surface area (Å²) in [7, 11) is 0. The number of azide groups is 1. The van der Waals surface area contributed by atoms with Gasteiger partial charge in [-0.3, -0.25) is 4.68 Å². The summed E-state index contributed by atoms with van der Waals surface area (Å²) in [6.45, 7) is 3.96. The predicted octanol–water partition coefficient (Wildman–Crippen LogP) is 3.37. The summed E-state index contributed by atoms with van der Waals surface area (Å²) >= 11 is 0. The van der Waals surface area contributed by atoms with Crippen molar-refractivity contribution in [3.63, 3.8) is 0 Å². The SMILES string of the molecule is CC(C)Cn1nc(C(F)(F)F)cc1CN=[N+]=[N-]. The number of hydrogen-bond donors (Lipinski definition) is 0. The molecule has 0 radical (unpaired) electrons. The second-order valence-electron chi connectivity index (χ2n) is 3.98. The molecule has 0 amide bonds. The van der Waals surface area contributed by atoms with Gasteiger partial charge in [-0.25, -0.2) is 0 Å². The smallest absolute Gasteiger partial charge is 0.269 e. The van der Waals surface area contributed by atoms with Crippen LogP contribution in [0.25, 0.3) is 10.4 Å². The Kier molecular flexibility index (Phi) is 4.01. The largest absolute Gasteiger partial charge is 0.435 e. The molecule has 0 atom stereocenters. The summed E-state index contributed by atoms with van der Waals surface area (Å²) in [6.07, 6.45) is -4.48. The zero-order valence-corrected chi connectivity index (χ0v) is 9.44. The number of halogens is 3. The number of hydrogen-bond acceptors (Lipinski definition) is 2. The number of alkyl halides is 3. The van der Waals surface area contributed by atoms with E-state index in [-0.39, 0.29) is 18.2 Å². The fraction of sp³-hybridized carbons (Fsp3) is 0.667. The minimum Gasteiger partial charge on any atom is -0.269 e. The van der Waals surface area contributed by atoms with E-state index in [1.54, 1.807) is 0 Å². The van der Waals surface area contributed by atoms with Gasteiger partial charge < -0.3 is 0 Å². The van der Waals surface area contributed by atoms with E-state index < -0.39 is 11.9 Å². The van der Waals surface area contributed by atoms with Crippen LogP contribution in [0, 0.1) is 5.92 Å². The van der Waals surface area contributed by atoms with E-state index in [4.69, 9.17) is 5.53 Å². The fourth-order valence-electron chi connectivity index (χ4n) is 1.33. The van der Waals surface area contributed by atoms with E-state index in [2.05, 4.69) is 15.1 Å². The summed E-state index contributed by atoms with van der Waals surface area (Å²) < 4.78 is 38.6. The molecule has 1 aromatic rings. The van der Waals surface area contributed by atoms with Gasteiger partial charge in [0.05, 0.1) is 6.54 Å². The summed E-state index contributed by atoms with van der Waals surface area (Å²) in [5.74, 6) is 0.154. The van der Waals surface area contributed by atoms with E-state index in [0.29, 0.717) is 6.54 Å². The zero-order chi connectivity index (χ0) is 13.1. The van der Waals surface area contributed by atoms with Gasteiger partial charge in [0.1, 0.15) is 0 Å². The quantitative estimate of drug-likeness (QED) is 0.457. The molecule has 94 valence electrons. The van der Waals surface area contributed by atoms with Crippen LogP contribution in [-0.4, -0.2) is 9.78 Å². The van der Waals surface area contributed by atoms with E-state index in [1.807, 2.05) is 13.8 Å². The predicted molar refractivity (Wildman–Crippen MR) is 54.9 cm³/mol. The third kappa shape index (κ3) is 3.67. The summed E-state index contributed by atoms with van der Waals surface area (Å²) in [6, 6.07) is 0.914. The zero-order valence-electron chi connectivity index (χ0n) is 9.44. The molecule has 1 aromatic heterocycles. The summed E-state index contributed by atoms with van der Waals surface area (Å²) in [5, 5.41) is 6.74. The third-order valence-corrected chi connectivity index (χ3v) is 1.99. The number of nitrogens with zero attached hydrogens (tertiary/aromatic N) is 5. The van der Waals surface area contributed by atoms with Gasteiger partial charge in [0, 0.05) is 17.2 Å².